The van der Waals surface area contributed by atoms with Crippen molar-refractivity contribution >= 4 is 23.5 Å². The van der Waals surface area contributed by atoms with Crippen LogP contribution in [-0.4, -0.2) is 24.1 Å². The van der Waals surface area contributed by atoms with Crippen molar-refractivity contribution in [2.24, 2.45) is 0 Å². The lowest BCUT2D eigenvalue weighted by Gasteiger charge is -2.17. The van der Waals surface area contributed by atoms with E-state index < -0.39 is 12.0 Å². The number of carboxylic acids is 1. The van der Waals surface area contributed by atoms with Gasteiger partial charge in [-0.15, -0.1) is 0 Å². The summed E-state index contributed by atoms with van der Waals surface area (Å²) in [7, 11) is 1.54. The summed E-state index contributed by atoms with van der Waals surface area (Å²) in [6.07, 6.45) is -0.219. The first-order chi connectivity index (χ1) is 11.0. The molecule has 120 valence electrons. The maximum absolute atomic E-state index is 12.3. The predicted octanol–water partition coefficient (Wildman–Crippen LogP) is 3.29. The lowest BCUT2D eigenvalue weighted by Crippen LogP contribution is -2.30. The van der Waals surface area contributed by atoms with E-state index in [0.717, 1.165) is 0 Å². The quantitative estimate of drug-likeness (QED) is 0.850. The van der Waals surface area contributed by atoms with Gasteiger partial charge in [-0.3, -0.25) is 9.59 Å². The summed E-state index contributed by atoms with van der Waals surface area (Å²) in [6.45, 7) is 0. The van der Waals surface area contributed by atoms with E-state index in [0.29, 0.717) is 21.9 Å². The average Bonchev–Trinajstić information content (AvgIpc) is 2.54. The Labute approximate surface area is 138 Å². The number of nitrogens with one attached hydrogen (secondary N) is 1. The fraction of sp³-hybridized carbons (Fsp3) is 0.176. The smallest absolute Gasteiger partial charge is 0.305 e. The van der Waals surface area contributed by atoms with Gasteiger partial charge < -0.3 is 15.2 Å². The second-order valence-electron chi connectivity index (χ2n) is 4.90. The minimum Gasteiger partial charge on any atom is -0.497 e. The molecule has 0 heterocycles. The molecule has 2 aromatic carbocycles. The highest BCUT2D eigenvalue weighted by Gasteiger charge is 2.19. The number of halogens is 1. The number of hydrogen-bond donors (Lipinski definition) is 2. The summed E-state index contributed by atoms with van der Waals surface area (Å²) in [4.78, 5) is 23.4. The first kappa shape index (κ1) is 16.8. The number of aliphatic carboxylic acids is 1. The molecule has 5 nitrogen and oxygen atoms in total. The monoisotopic (exact) mass is 333 g/mol. The van der Waals surface area contributed by atoms with Crippen molar-refractivity contribution in [3.05, 3.63) is 64.7 Å². The zero-order valence-corrected chi connectivity index (χ0v) is 13.2. The molecular formula is C17H16ClNO4. The Morgan fingerprint density at radius 3 is 2.26 bits per heavy atom. The SMILES string of the molecule is COc1ccc(C(=O)N[C@H](CC(=O)O)c2ccc(Cl)cc2)cc1. The van der Waals surface area contributed by atoms with Gasteiger partial charge in [-0.05, 0) is 42.0 Å². The van der Waals surface area contributed by atoms with Crippen LogP contribution < -0.4 is 10.1 Å². The number of amides is 1. The van der Waals surface area contributed by atoms with Crippen molar-refractivity contribution in [1.82, 2.24) is 5.32 Å². The summed E-state index contributed by atoms with van der Waals surface area (Å²) in [5.41, 5.74) is 1.11. The van der Waals surface area contributed by atoms with Gasteiger partial charge >= 0.3 is 5.97 Å². The Balaban J connectivity index is 2.17. The molecule has 2 rings (SSSR count). The molecule has 0 bridgehead atoms. The molecule has 0 saturated carbocycles. The second-order valence-corrected chi connectivity index (χ2v) is 5.34. The van der Waals surface area contributed by atoms with Crippen LogP contribution in [-0.2, 0) is 4.79 Å². The van der Waals surface area contributed by atoms with Gasteiger partial charge in [0.1, 0.15) is 5.75 Å². The van der Waals surface area contributed by atoms with Crippen LogP contribution in [0.5, 0.6) is 5.75 Å². The highest BCUT2D eigenvalue weighted by Crippen LogP contribution is 2.20. The summed E-state index contributed by atoms with van der Waals surface area (Å²) in [5, 5.41) is 12.3. The maximum atomic E-state index is 12.3. The molecule has 0 fully saturated rings. The largest absolute Gasteiger partial charge is 0.497 e. The molecule has 2 N–H and O–H groups in total. The van der Waals surface area contributed by atoms with Crippen LogP contribution in [0, 0.1) is 0 Å². The molecule has 6 heteroatoms. The van der Waals surface area contributed by atoms with Crippen LogP contribution in [0.1, 0.15) is 28.4 Å². The molecule has 0 aromatic heterocycles. The highest BCUT2D eigenvalue weighted by atomic mass is 35.5. The molecule has 0 spiro atoms. The van der Waals surface area contributed by atoms with Gasteiger partial charge in [0, 0.05) is 10.6 Å². The molecule has 0 aliphatic rings. The number of rotatable bonds is 6. The second kappa shape index (κ2) is 7.65. The number of hydrogen-bond acceptors (Lipinski definition) is 3. The summed E-state index contributed by atoms with van der Waals surface area (Å²) < 4.78 is 5.04. The molecule has 23 heavy (non-hydrogen) atoms. The molecule has 2 aromatic rings. The number of ether oxygens (including phenoxy) is 1. The lowest BCUT2D eigenvalue weighted by molar-refractivity contribution is -0.137. The summed E-state index contributed by atoms with van der Waals surface area (Å²) >= 11 is 5.84. The van der Waals surface area contributed by atoms with Gasteiger partial charge in [-0.25, -0.2) is 0 Å². The van der Waals surface area contributed by atoms with Gasteiger partial charge in [-0.2, -0.15) is 0 Å². The normalized spacial score (nSPS) is 11.6. The number of methoxy groups -OCH3 is 1. The van der Waals surface area contributed by atoms with E-state index in [2.05, 4.69) is 5.32 Å². The molecule has 0 unspecified atom stereocenters. The van der Waals surface area contributed by atoms with Crippen LogP contribution in [0.25, 0.3) is 0 Å². The van der Waals surface area contributed by atoms with Gasteiger partial charge in [0.15, 0.2) is 0 Å². The van der Waals surface area contributed by atoms with Crippen molar-refractivity contribution in [2.45, 2.75) is 12.5 Å². The van der Waals surface area contributed by atoms with E-state index in [-0.39, 0.29) is 12.3 Å². The first-order valence-electron chi connectivity index (χ1n) is 6.92. The Hall–Kier alpha value is -2.53. The molecule has 1 atom stereocenters. The Morgan fingerprint density at radius 1 is 1.13 bits per heavy atom. The zero-order chi connectivity index (χ0) is 16.8. The van der Waals surface area contributed by atoms with E-state index in [1.165, 1.54) is 0 Å². The lowest BCUT2D eigenvalue weighted by atomic mass is 10.0. The van der Waals surface area contributed by atoms with Gasteiger partial charge in [0.05, 0.1) is 19.6 Å². The number of carboxylic acid groups (broad SMARTS) is 1. The average molecular weight is 334 g/mol. The van der Waals surface area contributed by atoms with E-state index in [9.17, 15) is 9.59 Å². The molecule has 0 saturated heterocycles. The third kappa shape index (κ3) is 4.72. The fourth-order valence-electron chi connectivity index (χ4n) is 2.11. The number of benzene rings is 2. The summed E-state index contributed by atoms with van der Waals surface area (Å²) in [6, 6.07) is 12.7. The minimum absolute atomic E-state index is 0.219. The fourth-order valence-corrected chi connectivity index (χ4v) is 2.23. The van der Waals surface area contributed by atoms with Crippen LogP contribution in [0.4, 0.5) is 0 Å². The Kier molecular flexibility index (Phi) is 5.60. The van der Waals surface area contributed by atoms with E-state index >= 15 is 0 Å². The topological polar surface area (TPSA) is 75.6 Å². The molecule has 0 radical (unpaired) electrons. The van der Waals surface area contributed by atoms with Crippen molar-refractivity contribution in [3.63, 3.8) is 0 Å². The van der Waals surface area contributed by atoms with Crippen molar-refractivity contribution < 1.29 is 19.4 Å². The van der Waals surface area contributed by atoms with Crippen molar-refractivity contribution in [3.8, 4) is 5.75 Å². The van der Waals surface area contributed by atoms with Crippen LogP contribution >= 0.6 is 11.6 Å². The Bertz CT molecular complexity index is 683. The predicted molar refractivity (Wildman–Crippen MR) is 86.9 cm³/mol. The first-order valence-corrected chi connectivity index (χ1v) is 7.29. The zero-order valence-electron chi connectivity index (χ0n) is 12.5. The Morgan fingerprint density at radius 2 is 1.74 bits per heavy atom. The minimum atomic E-state index is -1.00. The van der Waals surface area contributed by atoms with Crippen LogP contribution in [0.3, 0.4) is 0 Å². The van der Waals surface area contributed by atoms with Crippen molar-refractivity contribution in [2.75, 3.05) is 7.11 Å². The third-order valence-corrected chi connectivity index (χ3v) is 3.56. The molecule has 0 aliphatic heterocycles. The van der Waals surface area contributed by atoms with E-state index in [4.69, 9.17) is 21.4 Å². The summed E-state index contributed by atoms with van der Waals surface area (Å²) in [5.74, 6) is -0.713. The van der Waals surface area contributed by atoms with Crippen LogP contribution in [0.2, 0.25) is 5.02 Å². The number of carbonyl (C=O) groups is 2. The molecular weight excluding hydrogens is 318 g/mol. The highest BCUT2D eigenvalue weighted by molar-refractivity contribution is 6.30. The van der Waals surface area contributed by atoms with Crippen LogP contribution in [0.15, 0.2) is 48.5 Å². The standard InChI is InChI=1S/C17H16ClNO4/c1-23-14-8-4-12(5-9-14)17(22)19-15(10-16(20)21)11-2-6-13(18)7-3-11/h2-9,15H,10H2,1H3,(H,19,22)(H,20,21)/t15-/m1/s1. The molecule has 1 amide bonds. The van der Waals surface area contributed by atoms with Crippen molar-refractivity contribution in [1.29, 1.82) is 0 Å². The maximum Gasteiger partial charge on any atom is 0.305 e. The molecule has 0 aliphatic carbocycles. The number of carbonyl (C=O) groups excluding carboxylic acids is 1. The van der Waals surface area contributed by atoms with E-state index in [1.54, 1.807) is 55.6 Å². The third-order valence-electron chi connectivity index (χ3n) is 3.31. The van der Waals surface area contributed by atoms with Gasteiger partial charge in [0.2, 0.25) is 0 Å². The van der Waals surface area contributed by atoms with Gasteiger partial charge in [-0.1, -0.05) is 23.7 Å². The van der Waals surface area contributed by atoms with E-state index in [1.807, 2.05) is 0 Å². The van der Waals surface area contributed by atoms with Gasteiger partial charge in [0.25, 0.3) is 5.91 Å².